The number of carbonyl (C=O) groups is 2. The van der Waals surface area contributed by atoms with Gasteiger partial charge < -0.3 is 14.8 Å². The zero-order valence-corrected chi connectivity index (χ0v) is 26.6. The number of anilines is 1. The van der Waals surface area contributed by atoms with Gasteiger partial charge in [0.15, 0.2) is 0 Å². The molecule has 0 saturated carbocycles. The minimum Gasteiger partial charge on any atom is -0.497 e. The first-order valence-electron chi connectivity index (χ1n) is 14.5. The van der Waals surface area contributed by atoms with Crippen molar-refractivity contribution < 1.29 is 23.5 Å². The predicted octanol–water partition coefficient (Wildman–Crippen LogP) is 6.83. The van der Waals surface area contributed by atoms with Crippen molar-refractivity contribution in [1.29, 1.82) is 0 Å². The van der Waals surface area contributed by atoms with E-state index >= 15 is 0 Å². The zero-order chi connectivity index (χ0) is 32.2. The molecule has 46 heavy (non-hydrogen) atoms. The second-order valence-electron chi connectivity index (χ2n) is 10.5. The van der Waals surface area contributed by atoms with Crippen LogP contribution in [0.1, 0.15) is 21.9 Å². The number of para-hydroxylation sites is 1. The number of hydrogen-bond acceptors (Lipinski definition) is 6. The maximum atomic E-state index is 14.0. The van der Waals surface area contributed by atoms with E-state index in [0.717, 1.165) is 22.3 Å². The Labute approximate surface area is 275 Å². The third kappa shape index (κ3) is 6.31. The van der Waals surface area contributed by atoms with E-state index in [0.29, 0.717) is 33.7 Å². The molecule has 0 bridgehead atoms. The Balaban J connectivity index is 1.54. The zero-order valence-electron chi connectivity index (χ0n) is 25.1. The van der Waals surface area contributed by atoms with E-state index < -0.39 is 5.25 Å². The summed E-state index contributed by atoms with van der Waals surface area (Å²) in [6.07, 6.45) is 0. The van der Waals surface area contributed by atoms with Gasteiger partial charge in [-0.05, 0) is 48.0 Å². The number of nitrogens with zero attached hydrogens (tertiary/aromatic N) is 3. The molecule has 1 aliphatic rings. The molecule has 1 aliphatic heterocycles. The summed E-state index contributed by atoms with van der Waals surface area (Å²) < 4.78 is 26.5. The Morgan fingerprint density at radius 3 is 2.46 bits per heavy atom. The number of nitrogens with one attached hydrogen (secondary N) is 1. The highest BCUT2D eigenvalue weighted by molar-refractivity contribution is 8.00. The molecule has 0 saturated heterocycles. The number of amides is 2. The first-order valence-corrected chi connectivity index (χ1v) is 15.9. The Bertz CT molecular complexity index is 1880. The lowest BCUT2D eigenvalue weighted by Crippen LogP contribution is -2.42. The van der Waals surface area contributed by atoms with Crippen LogP contribution in [0.5, 0.6) is 11.5 Å². The third-order valence-electron chi connectivity index (χ3n) is 7.64. The van der Waals surface area contributed by atoms with E-state index in [2.05, 4.69) is 5.32 Å². The van der Waals surface area contributed by atoms with Crippen LogP contribution >= 0.6 is 23.4 Å². The van der Waals surface area contributed by atoms with E-state index in [1.165, 1.54) is 28.8 Å². The molecule has 2 heterocycles. The maximum Gasteiger partial charge on any atom is 0.240 e. The summed E-state index contributed by atoms with van der Waals surface area (Å²) in [6.45, 7) is -0.106. The molecule has 4 aromatic carbocycles. The van der Waals surface area contributed by atoms with Crippen LogP contribution < -0.4 is 19.7 Å². The number of aromatic nitrogens is 2. The fourth-order valence-electron chi connectivity index (χ4n) is 5.41. The molecular formula is C35H30ClFN4O4S. The van der Waals surface area contributed by atoms with Crippen LogP contribution in [-0.4, -0.2) is 48.1 Å². The van der Waals surface area contributed by atoms with E-state index in [-0.39, 0.29) is 36.5 Å². The summed E-state index contributed by atoms with van der Waals surface area (Å²) in [6, 6.07) is 28.3. The van der Waals surface area contributed by atoms with Gasteiger partial charge in [0.25, 0.3) is 0 Å². The van der Waals surface area contributed by atoms with Crippen molar-refractivity contribution in [1.82, 2.24) is 15.1 Å². The molecule has 0 spiro atoms. The van der Waals surface area contributed by atoms with Gasteiger partial charge in [-0.25, -0.2) is 9.07 Å². The van der Waals surface area contributed by atoms with Gasteiger partial charge in [-0.2, -0.15) is 5.10 Å². The van der Waals surface area contributed by atoms with E-state index in [1.54, 1.807) is 37.1 Å². The first kappa shape index (κ1) is 31.2. The van der Waals surface area contributed by atoms with Crippen LogP contribution in [0.3, 0.4) is 0 Å². The standard InChI is InChI=1S/C35H30ClFN4O4S/c1-44-25-16-17-29(45-2)26(18-25)34-32-33(23-8-4-3-5-9-23)39-41(28-11-7-6-10-27(28)36)35(32)40(31(43)21-46-34)20-30(42)38-19-22-12-14-24(37)15-13-22/h3-18,34H,19-21H2,1-2H3,(H,38,42)/t34-/m0/s1. The Morgan fingerprint density at radius 2 is 1.74 bits per heavy atom. The van der Waals surface area contributed by atoms with Gasteiger partial charge in [0.1, 0.15) is 29.7 Å². The topological polar surface area (TPSA) is 85.7 Å². The molecule has 1 N–H and O–H groups in total. The van der Waals surface area contributed by atoms with Crippen molar-refractivity contribution in [3.05, 3.63) is 125 Å². The van der Waals surface area contributed by atoms with Gasteiger partial charge in [-0.15, -0.1) is 11.8 Å². The van der Waals surface area contributed by atoms with Crippen LogP contribution in [0, 0.1) is 5.82 Å². The number of benzene rings is 4. The fourth-order valence-corrected chi connectivity index (χ4v) is 6.84. The summed E-state index contributed by atoms with van der Waals surface area (Å²) in [5.74, 6) is 0.715. The van der Waals surface area contributed by atoms with E-state index in [1.807, 2.05) is 66.7 Å². The summed E-state index contributed by atoms with van der Waals surface area (Å²) in [5.41, 5.74) is 4.25. The lowest BCUT2D eigenvalue weighted by Gasteiger charge is -2.24. The smallest absolute Gasteiger partial charge is 0.240 e. The highest BCUT2D eigenvalue weighted by atomic mass is 35.5. The van der Waals surface area contributed by atoms with Crippen LogP contribution in [0.25, 0.3) is 16.9 Å². The number of ether oxygens (including phenoxy) is 2. The van der Waals surface area contributed by atoms with Crippen LogP contribution in [0.15, 0.2) is 97.1 Å². The van der Waals surface area contributed by atoms with Crippen molar-refractivity contribution in [2.45, 2.75) is 11.8 Å². The van der Waals surface area contributed by atoms with Gasteiger partial charge >= 0.3 is 0 Å². The van der Waals surface area contributed by atoms with Crippen LogP contribution in [-0.2, 0) is 16.1 Å². The summed E-state index contributed by atoms with van der Waals surface area (Å²) in [4.78, 5) is 29.0. The molecule has 8 nitrogen and oxygen atoms in total. The number of hydrogen-bond donors (Lipinski definition) is 1. The highest BCUT2D eigenvalue weighted by Crippen LogP contribution is 2.51. The number of fused-ring (bicyclic) bond motifs is 1. The molecule has 5 aromatic rings. The van der Waals surface area contributed by atoms with Crippen LogP contribution in [0.2, 0.25) is 5.02 Å². The molecule has 1 atom stereocenters. The third-order valence-corrected chi connectivity index (χ3v) is 9.20. The summed E-state index contributed by atoms with van der Waals surface area (Å²) in [7, 11) is 3.19. The number of rotatable bonds is 9. The summed E-state index contributed by atoms with van der Waals surface area (Å²) in [5, 5.41) is 7.94. The second kappa shape index (κ2) is 13.7. The molecule has 1 aromatic heterocycles. The maximum absolute atomic E-state index is 14.0. The molecule has 6 rings (SSSR count). The Kier molecular flexibility index (Phi) is 9.28. The van der Waals surface area contributed by atoms with Gasteiger partial charge in [-0.1, -0.05) is 66.2 Å². The molecule has 0 unspecified atom stereocenters. The molecule has 0 aliphatic carbocycles. The second-order valence-corrected chi connectivity index (χ2v) is 12.0. The normalized spacial score (nSPS) is 14.4. The largest absolute Gasteiger partial charge is 0.497 e. The lowest BCUT2D eigenvalue weighted by atomic mass is 9.98. The molecule has 234 valence electrons. The minimum atomic E-state index is -0.442. The summed E-state index contributed by atoms with van der Waals surface area (Å²) >= 11 is 8.16. The molecule has 0 fully saturated rings. The van der Waals surface area contributed by atoms with Crippen molar-refractivity contribution in [3.63, 3.8) is 0 Å². The van der Waals surface area contributed by atoms with Crippen molar-refractivity contribution in [2.24, 2.45) is 0 Å². The van der Waals surface area contributed by atoms with Gasteiger partial charge in [0, 0.05) is 23.2 Å². The quantitative estimate of drug-likeness (QED) is 0.187. The van der Waals surface area contributed by atoms with Crippen molar-refractivity contribution in [2.75, 3.05) is 31.4 Å². The first-order chi connectivity index (χ1) is 22.4. The van der Waals surface area contributed by atoms with Crippen LogP contribution in [0.4, 0.5) is 10.2 Å². The number of methoxy groups -OCH3 is 2. The van der Waals surface area contributed by atoms with Gasteiger partial charge in [0.05, 0.1) is 41.6 Å². The van der Waals surface area contributed by atoms with Gasteiger partial charge in [0.2, 0.25) is 11.8 Å². The Hall–Kier alpha value is -4.80. The lowest BCUT2D eigenvalue weighted by molar-refractivity contribution is -0.123. The average Bonchev–Trinajstić information content (AvgIpc) is 3.40. The number of thioether (sulfide) groups is 1. The molecular weight excluding hydrogens is 627 g/mol. The highest BCUT2D eigenvalue weighted by Gasteiger charge is 2.39. The molecule has 11 heteroatoms. The molecule has 0 radical (unpaired) electrons. The monoisotopic (exact) mass is 656 g/mol. The van der Waals surface area contributed by atoms with Crippen molar-refractivity contribution in [3.8, 4) is 28.4 Å². The van der Waals surface area contributed by atoms with Crippen molar-refractivity contribution >= 4 is 41.0 Å². The molecule has 2 amide bonds. The Morgan fingerprint density at radius 1 is 1.00 bits per heavy atom. The predicted molar refractivity (Wildman–Crippen MR) is 178 cm³/mol. The van der Waals surface area contributed by atoms with Gasteiger partial charge in [-0.3, -0.25) is 14.5 Å². The van der Waals surface area contributed by atoms with E-state index in [4.69, 9.17) is 26.2 Å². The van der Waals surface area contributed by atoms with E-state index in [9.17, 15) is 14.0 Å². The average molecular weight is 657 g/mol. The SMILES string of the molecule is COc1ccc(OC)c([C@@H]2SCC(=O)N(CC(=O)NCc3ccc(F)cc3)c3c2c(-c2ccccc2)nn3-c2ccccc2Cl)c1. The fraction of sp³-hybridized carbons (Fsp3) is 0.171. The number of carbonyl (C=O) groups excluding carboxylic acids is 2. The minimum absolute atomic E-state index is 0.0711. The number of halogens is 2.